The minimum absolute atomic E-state index is 0.0618. The van der Waals surface area contributed by atoms with Gasteiger partial charge in [0.25, 0.3) is 5.91 Å². The van der Waals surface area contributed by atoms with E-state index < -0.39 is 6.04 Å². The van der Waals surface area contributed by atoms with Gasteiger partial charge in [-0.2, -0.15) is 0 Å². The lowest BCUT2D eigenvalue weighted by Gasteiger charge is -2.25. The van der Waals surface area contributed by atoms with Gasteiger partial charge in [0.15, 0.2) is 5.43 Å². The van der Waals surface area contributed by atoms with Gasteiger partial charge in [0.1, 0.15) is 11.3 Å². The van der Waals surface area contributed by atoms with Crippen molar-refractivity contribution < 1.29 is 13.9 Å². The van der Waals surface area contributed by atoms with Gasteiger partial charge in [-0.15, -0.1) is 0 Å². The van der Waals surface area contributed by atoms with Gasteiger partial charge in [0.2, 0.25) is 5.76 Å². The number of fused-ring (bicyclic) bond motifs is 2. The number of amides is 1. The number of carbonyl (C=O) groups excluding carboxylic acids is 1. The highest BCUT2D eigenvalue weighted by molar-refractivity contribution is 6.31. The molecule has 0 saturated carbocycles. The molecule has 0 aliphatic carbocycles. The Balaban J connectivity index is 1.72. The minimum Gasteiger partial charge on any atom is -0.494 e. The SMILES string of the molecule is CCCOc1ccc(C2c3c(oc4ccc(Cl)cc4c3=O)C(=O)N2c2ccc(C)cc2)cc1. The van der Waals surface area contributed by atoms with E-state index in [1.54, 1.807) is 23.1 Å². The largest absolute Gasteiger partial charge is 0.494 e. The fourth-order valence-electron chi connectivity index (χ4n) is 4.20. The summed E-state index contributed by atoms with van der Waals surface area (Å²) < 4.78 is 11.7. The Morgan fingerprint density at radius 3 is 2.42 bits per heavy atom. The number of nitrogens with zero attached hydrogens (tertiary/aromatic N) is 1. The second-order valence-corrected chi connectivity index (χ2v) is 8.58. The first-order valence-electron chi connectivity index (χ1n) is 10.9. The summed E-state index contributed by atoms with van der Waals surface area (Å²) in [7, 11) is 0. The molecule has 6 heteroatoms. The molecule has 3 aromatic carbocycles. The molecule has 1 aromatic heterocycles. The van der Waals surface area contributed by atoms with Crippen LogP contribution in [-0.4, -0.2) is 12.5 Å². The second-order valence-electron chi connectivity index (χ2n) is 8.15. The van der Waals surface area contributed by atoms with Crippen LogP contribution in [0, 0.1) is 6.92 Å². The van der Waals surface area contributed by atoms with Gasteiger partial charge in [-0.25, -0.2) is 0 Å². The lowest BCUT2D eigenvalue weighted by atomic mass is 9.98. The molecule has 166 valence electrons. The Morgan fingerprint density at radius 2 is 1.73 bits per heavy atom. The highest BCUT2D eigenvalue weighted by Crippen LogP contribution is 2.41. The van der Waals surface area contributed by atoms with E-state index in [9.17, 15) is 9.59 Å². The number of benzene rings is 3. The molecule has 0 N–H and O–H groups in total. The molecule has 2 heterocycles. The minimum atomic E-state index is -0.630. The average Bonchev–Trinajstić information content (AvgIpc) is 3.11. The number of rotatable bonds is 5. The lowest BCUT2D eigenvalue weighted by Crippen LogP contribution is -2.29. The zero-order chi connectivity index (χ0) is 23.1. The second kappa shape index (κ2) is 8.41. The normalized spacial score (nSPS) is 15.2. The first-order valence-corrected chi connectivity index (χ1v) is 11.2. The van der Waals surface area contributed by atoms with E-state index >= 15 is 0 Å². The maximum atomic E-state index is 13.6. The topological polar surface area (TPSA) is 59.8 Å². The maximum absolute atomic E-state index is 13.6. The van der Waals surface area contributed by atoms with Crippen LogP contribution in [0.4, 0.5) is 5.69 Å². The maximum Gasteiger partial charge on any atom is 0.295 e. The number of hydrogen-bond acceptors (Lipinski definition) is 4. The molecule has 0 spiro atoms. The van der Waals surface area contributed by atoms with Crippen molar-refractivity contribution in [2.75, 3.05) is 11.5 Å². The van der Waals surface area contributed by atoms with E-state index in [0.717, 1.165) is 23.3 Å². The van der Waals surface area contributed by atoms with Crippen molar-refractivity contribution in [3.05, 3.63) is 104 Å². The Labute approximate surface area is 196 Å². The number of hydrogen-bond donors (Lipinski definition) is 0. The van der Waals surface area contributed by atoms with E-state index in [1.807, 2.05) is 62.4 Å². The van der Waals surface area contributed by atoms with Crippen molar-refractivity contribution in [2.45, 2.75) is 26.3 Å². The molecular weight excluding hydrogens is 438 g/mol. The molecule has 1 unspecified atom stereocenters. The van der Waals surface area contributed by atoms with Crippen molar-refractivity contribution in [1.82, 2.24) is 0 Å². The monoisotopic (exact) mass is 459 g/mol. The summed E-state index contributed by atoms with van der Waals surface area (Å²) >= 11 is 6.15. The van der Waals surface area contributed by atoms with Crippen molar-refractivity contribution in [2.24, 2.45) is 0 Å². The first kappa shape index (κ1) is 21.3. The molecule has 0 radical (unpaired) electrons. The van der Waals surface area contributed by atoms with E-state index in [-0.39, 0.29) is 17.1 Å². The fraction of sp³-hybridized carbons (Fsp3) is 0.185. The average molecular weight is 460 g/mol. The predicted octanol–water partition coefficient (Wildman–Crippen LogP) is 6.29. The van der Waals surface area contributed by atoms with Gasteiger partial charge in [-0.1, -0.05) is 48.4 Å². The van der Waals surface area contributed by atoms with Crippen molar-refractivity contribution >= 4 is 34.2 Å². The summed E-state index contributed by atoms with van der Waals surface area (Å²) in [5, 5.41) is 0.788. The van der Waals surface area contributed by atoms with Crippen LogP contribution in [0.1, 0.15) is 46.6 Å². The van der Waals surface area contributed by atoms with Crippen LogP contribution >= 0.6 is 11.6 Å². The Hall–Kier alpha value is -3.57. The molecule has 5 rings (SSSR count). The summed E-state index contributed by atoms with van der Waals surface area (Å²) in [6, 6.07) is 19.4. The third kappa shape index (κ3) is 3.68. The zero-order valence-corrected chi connectivity index (χ0v) is 19.1. The Bertz CT molecular complexity index is 1410. The third-order valence-electron chi connectivity index (χ3n) is 5.81. The van der Waals surface area contributed by atoms with Gasteiger partial charge in [0.05, 0.1) is 23.6 Å². The van der Waals surface area contributed by atoms with E-state index in [4.69, 9.17) is 20.8 Å². The predicted molar refractivity (Wildman–Crippen MR) is 130 cm³/mol. The molecule has 33 heavy (non-hydrogen) atoms. The zero-order valence-electron chi connectivity index (χ0n) is 18.3. The molecule has 4 aromatic rings. The van der Waals surface area contributed by atoms with E-state index in [1.165, 1.54) is 0 Å². The van der Waals surface area contributed by atoms with Gasteiger partial charge in [-0.05, 0) is 61.4 Å². The molecule has 0 saturated heterocycles. The van der Waals surface area contributed by atoms with Crippen LogP contribution in [0.15, 0.2) is 75.9 Å². The van der Waals surface area contributed by atoms with Crippen LogP contribution in [0.3, 0.4) is 0 Å². The molecule has 1 amide bonds. The van der Waals surface area contributed by atoms with Crippen LogP contribution in [-0.2, 0) is 0 Å². The van der Waals surface area contributed by atoms with Gasteiger partial charge >= 0.3 is 0 Å². The standard InChI is InChI=1S/C27H22ClNO4/c1-3-14-32-20-11-6-17(7-12-20)24-23-25(30)21-15-18(28)8-13-22(21)33-26(23)27(31)29(24)19-9-4-16(2)5-10-19/h4-13,15,24H,3,14H2,1-2H3. The molecule has 5 nitrogen and oxygen atoms in total. The molecule has 1 atom stereocenters. The smallest absolute Gasteiger partial charge is 0.295 e. The molecular formula is C27H22ClNO4. The van der Waals surface area contributed by atoms with Crippen molar-refractivity contribution in [3.8, 4) is 5.75 Å². The number of anilines is 1. The van der Waals surface area contributed by atoms with Gasteiger partial charge in [-0.3, -0.25) is 14.5 Å². The molecule has 1 aliphatic heterocycles. The van der Waals surface area contributed by atoms with Crippen LogP contribution < -0.4 is 15.1 Å². The molecule has 0 fully saturated rings. The van der Waals surface area contributed by atoms with Crippen molar-refractivity contribution in [3.63, 3.8) is 0 Å². The van der Waals surface area contributed by atoms with Gasteiger partial charge in [0, 0.05) is 10.7 Å². The number of halogens is 1. The summed E-state index contributed by atoms with van der Waals surface area (Å²) in [6.45, 7) is 4.65. The number of carbonyl (C=O) groups is 1. The summed E-state index contributed by atoms with van der Waals surface area (Å²) in [4.78, 5) is 28.8. The van der Waals surface area contributed by atoms with Crippen molar-refractivity contribution in [1.29, 1.82) is 0 Å². The third-order valence-corrected chi connectivity index (χ3v) is 6.05. The Morgan fingerprint density at radius 1 is 1.00 bits per heavy atom. The summed E-state index contributed by atoms with van der Waals surface area (Å²) in [6.07, 6.45) is 0.907. The first-order chi connectivity index (χ1) is 16.0. The highest BCUT2D eigenvalue weighted by Gasteiger charge is 2.43. The number of ether oxygens (including phenoxy) is 1. The van der Waals surface area contributed by atoms with Crippen LogP contribution in [0.25, 0.3) is 11.0 Å². The highest BCUT2D eigenvalue weighted by atomic mass is 35.5. The summed E-state index contributed by atoms with van der Waals surface area (Å²) in [5.74, 6) is 0.454. The Kier molecular flexibility index (Phi) is 5.43. The fourth-order valence-corrected chi connectivity index (χ4v) is 4.37. The van der Waals surface area contributed by atoms with E-state index in [0.29, 0.717) is 33.8 Å². The number of aryl methyl sites for hydroxylation is 1. The van der Waals surface area contributed by atoms with E-state index in [2.05, 4.69) is 0 Å². The summed E-state index contributed by atoms with van der Waals surface area (Å²) in [5.41, 5.74) is 2.95. The van der Waals surface area contributed by atoms with Gasteiger partial charge < -0.3 is 9.15 Å². The van der Waals surface area contributed by atoms with Crippen LogP contribution in [0.2, 0.25) is 5.02 Å². The quantitative estimate of drug-likeness (QED) is 0.351. The van der Waals surface area contributed by atoms with Crippen LogP contribution in [0.5, 0.6) is 5.75 Å². The molecule has 0 bridgehead atoms. The lowest BCUT2D eigenvalue weighted by molar-refractivity contribution is 0.0971. The molecule has 1 aliphatic rings.